The maximum Gasteiger partial charge on any atom is 0.247 e. The van der Waals surface area contributed by atoms with Crippen LogP contribution < -0.4 is 20.4 Å². The summed E-state index contributed by atoms with van der Waals surface area (Å²) in [6.07, 6.45) is 14.8. The van der Waals surface area contributed by atoms with Crippen LogP contribution in [0.4, 0.5) is 17.8 Å². The van der Waals surface area contributed by atoms with Gasteiger partial charge in [-0.3, -0.25) is 9.59 Å². The van der Waals surface area contributed by atoms with E-state index in [1.807, 2.05) is 4.90 Å². The standard InChI is InChI=1S/C38H63N11O7/c1-4-22-53-26-28-56-29-27-54-23-15-40-36-41-37(43-38(42-36)48-20-24-55-25-21-48)47-18-16-46(17-19-47)33(51)13-11-9-7-5-6-8-10-12-14-39-35(52)34(32(3)50)49-30-31(2)44-45-49/h1,30,32,34,50H,5-29H2,2-3H3,(H,39,52)(H,40,41,42,43)/t32-,34+/m0/s1. The molecule has 2 aromatic heterocycles. The molecule has 4 rings (SSSR count). The van der Waals surface area contributed by atoms with Crippen LogP contribution >= 0.6 is 0 Å². The molecule has 2 fully saturated rings. The second-order valence-electron chi connectivity index (χ2n) is 14.0. The number of hydrogen-bond donors (Lipinski definition) is 3. The summed E-state index contributed by atoms with van der Waals surface area (Å²) >= 11 is 0. The minimum atomic E-state index is -0.871. The second-order valence-corrected chi connectivity index (χ2v) is 14.0. The molecule has 0 aromatic carbocycles. The highest BCUT2D eigenvalue weighted by Gasteiger charge is 2.27. The number of carbonyl (C=O) groups is 2. The molecule has 3 N–H and O–H groups in total. The molecule has 0 aliphatic carbocycles. The summed E-state index contributed by atoms with van der Waals surface area (Å²) in [7, 11) is 0. The topological polar surface area (TPSA) is 194 Å². The Balaban J connectivity index is 1.07. The number of anilines is 3. The van der Waals surface area contributed by atoms with Crippen LogP contribution in [0, 0.1) is 19.3 Å². The zero-order chi connectivity index (χ0) is 39.8. The molecule has 0 unspecified atom stereocenters. The minimum absolute atomic E-state index is 0.207. The third-order valence-corrected chi connectivity index (χ3v) is 9.53. The van der Waals surface area contributed by atoms with E-state index in [1.54, 1.807) is 20.0 Å². The Morgan fingerprint density at radius 2 is 1.45 bits per heavy atom. The molecule has 18 heteroatoms. The van der Waals surface area contributed by atoms with Crippen molar-refractivity contribution in [2.75, 3.05) is 120 Å². The lowest BCUT2D eigenvalue weighted by Crippen LogP contribution is -2.49. The van der Waals surface area contributed by atoms with Crippen molar-refractivity contribution in [3.8, 4) is 12.3 Å². The lowest BCUT2D eigenvalue weighted by molar-refractivity contribution is -0.131. The number of aliphatic hydroxyl groups is 1. The number of amides is 2. The van der Waals surface area contributed by atoms with Crippen molar-refractivity contribution >= 4 is 29.7 Å². The number of hydrogen-bond acceptors (Lipinski definition) is 15. The number of aromatic nitrogens is 6. The van der Waals surface area contributed by atoms with Gasteiger partial charge in [0.15, 0.2) is 6.04 Å². The maximum absolute atomic E-state index is 13.0. The van der Waals surface area contributed by atoms with Crippen molar-refractivity contribution in [2.45, 2.75) is 83.8 Å². The average Bonchev–Trinajstić information content (AvgIpc) is 3.63. The van der Waals surface area contributed by atoms with Gasteiger partial charge < -0.3 is 49.4 Å². The Labute approximate surface area is 331 Å². The number of morpholine rings is 1. The van der Waals surface area contributed by atoms with Gasteiger partial charge >= 0.3 is 0 Å². The fourth-order valence-corrected chi connectivity index (χ4v) is 6.44. The van der Waals surface area contributed by atoms with Gasteiger partial charge in [0, 0.05) is 65.0 Å². The first kappa shape index (κ1) is 44.6. The van der Waals surface area contributed by atoms with E-state index in [9.17, 15) is 14.7 Å². The SMILES string of the molecule is C#CCOCCOCCOCCNc1nc(N2CCOCC2)nc(N2CCN(C(=O)CCCCCCCCCCNC(=O)[C@@H]([C@H](C)O)n3cc(C)nn3)CC2)n1. The second kappa shape index (κ2) is 25.9. The van der Waals surface area contributed by atoms with E-state index >= 15 is 0 Å². The molecule has 312 valence electrons. The molecule has 0 radical (unpaired) electrons. The highest BCUT2D eigenvalue weighted by atomic mass is 16.5. The van der Waals surface area contributed by atoms with Crippen LogP contribution in [0.3, 0.4) is 0 Å². The third kappa shape index (κ3) is 16.1. The number of nitrogens with zero attached hydrogens (tertiary/aromatic N) is 9. The number of aliphatic hydroxyl groups excluding tert-OH is 1. The Bertz CT molecular complexity index is 1460. The summed E-state index contributed by atoms with van der Waals surface area (Å²) in [5.41, 5.74) is 0.696. The molecule has 2 aliphatic heterocycles. The Hall–Kier alpha value is -4.15. The molecule has 0 saturated carbocycles. The van der Waals surface area contributed by atoms with E-state index < -0.39 is 12.1 Å². The number of aryl methyl sites for hydroxylation is 1. The third-order valence-electron chi connectivity index (χ3n) is 9.53. The van der Waals surface area contributed by atoms with Gasteiger partial charge in [-0.25, -0.2) is 4.68 Å². The molecule has 4 heterocycles. The quantitative estimate of drug-likeness (QED) is 0.0873. The van der Waals surface area contributed by atoms with E-state index in [2.05, 4.69) is 36.7 Å². The van der Waals surface area contributed by atoms with Crippen LogP contribution in [-0.4, -0.2) is 163 Å². The monoisotopic (exact) mass is 785 g/mol. The number of ether oxygens (including phenoxy) is 4. The van der Waals surface area contributed by atoms with Crippen molar-refractivity contribution in [2.24, 2.45) is 0 Å². The van der Waals surface area contributed by atoms with Crippen LogP contribution in [-0.2, 0) is 28.5 Å². The molecule has 2 aromatic rings. The minimum Gasteiger partial charge on any atom is -0.391 e. The lowest BCUT2D eigenvalue weighted by Gasteiger charge is -2.35. The Kier molecular flexibility index (Phi) is 20.6. The maximum atomic E-state index is 13.0. The van der Waals surface area contributed by atoms with E-state index in [4.69, 9.17) is 40.3 Å². The first-order valence-corrected chi connectivity index (χ1v) is 20.2. The Morgan fingerprint density at radius 1 is 0.839 bits per heavy atom. The van der Waals surface area contributed by atoms with Gasteiger partial charge in [-0.05, 0) is 26.7 Å². The zero-order valence-corrected chi connectivity index (χ0v) is 33.4. The number of carbonyl (C=O) groups excluding carboxylic acids is 2. The molecule has 2 aliphatic rings. The lowest BCUT2D eigenvalue weighted by atomic mass is 10.1. The van der Waals surface area contributed by atoms with Crippen molar-refractivity contribution in [3.63, 3.8) is 0 Å². The fraction of sp³-hybridized carbons (Fsp3) is 0.763. The van der Waals surface area contributed by atoms with Crippen LogP contribution in [0.5, 0.6) is 0 Å². The highest BCUT2D eigenvalue weighted by molar-refractivity contribution is 5.80. The summed E-state index contributed by atoms with van der Waals surface area (Å²) in [6, 6.07) is -0.785. The Morgan fingerprint density at radius 3 is 2.07 bits per heavy atom. The van der Waals surface area contributed by atoms with Gasteiger partial charge in [0.05, 0.1) is 58.0 Å². The van der Waals surface area contributed by atoms with Gasteiger partial charge in [0.2, 0.25) is 29.7 Å². The molecular weight excluding hydrogens is 722 g/mol. The predicted octanol–water partition coefficient (Wildman–Crippen LogP) is 1.60. The van der Waals surface area contributed by atoms with Crippen LogP contribution in [0.15, 0.2) is 6.20 Å². The molecule has 0 spiro atoms. The van der Waals surface area contributed by atoms with Crippen molar-refractivity contribution in [1.29, 1.82) is 0 Å². The van der Waals surface area contributed by atoms with Crippen molar-refractivity contribution in [3.05, 3.63) is 11.9 Å². The fourth-order valence-electron chi connectivity index (χ4n) is 6.44. The molecule has 0 bridgehead atoms. The largest absolute Gasteiger partial charge is 0.391 e. The summed E-state index contributed by atoms with van der Waals surface area (Å²) in [5, 5.41) is 24.1. The van der Waals surface area contributed by atoms with Gasteiger partial charge in [0.1, 0.15) is 6.61 Å². The van der Waals surface area contributed by atoms with E-state index in [0.29, 0.717) is 129 Å². The highest BCUT2D eigenvalue weighted by Crippen LogP contribution is 2.20. The molecule has 2 atom stereocenters. The predicted molar refractivity (Wildman–Crippen MR) is 211 cm³/mol. The van der Waals surface area contributed by atoms with Gasteiger partial charge in [-0.15, -0.1) is 11.5 Å². The van der Waals surface area contributed by atoms with E-state index in [1.165, 1.54) is 4.68 Å². The number of terminal acetylenes is 1. The molecule has 18 nitrogen and oxygen atoms in total. The number of nitrogens with one attached hydrogen (secondary N) is 2. The number of unbranched alkanes of at least 4 members (excludes halogenated alkanes) is 7. The summed E-state index contributed by atoms with van der Waals surface area (Å²) < 4.78 is 23.3. The van der Waals surface area contributed by atoms with E-state index in [0.717, 1.165) is 51.4 Å². The molecule has 2 saturated heterocycles. The van der Waals surface area contributed by atoms with Crippen LogP contribution in [0.25, 0.3) is 0 Å². The summed E-state index contributed by atoms with van der Waals surface area (Å²) in [6.45, 7) is 12.3. The van der Waals surface area contributed by atoms with E-state index in [-0.39, 0.29) is 18.4 Å². The number of piperazine rings is 1. The smallest absolute Gasteiger partial charge is 0.247 e. The first-order chi connectivity index (χ1) is 27.4. The normalized spacial score (nSPS) is 15.7. The van der Waals surface area contributed by atoms with Gasteiger partial charge in [-0.1, -0.05) is 49.7 Å². The van der Waals surface area contributed by atoms with Crippen molar-refractivity contribution < 1.29 is 33.6 Å². The first-order valence-electron chi connectivity index (χ1n) is 20.2. The van der Waals surface area contributed by atoms with Crippen molar-refractivity contribution in [1.82, 2.24) is 40.2 Å². The van der Waals surface area contributed by atoms with Crippen LogP contribution in [0.2, 0.25) is 0 Å². The average molecular weight is 786 g/mol. The summed E-state index contributed by atoms with van der Waals surface area (Å²) in [4.78, 5) is 46.1. The number of rotatable bonds is 27. The zero-order valence-electron chi connectivity index (χ0n) is 33.4. The summed E-state index contributed by atoms with van der Waals surface area (Å²) in [5.74, 6) is 4.09. The molecular formula is C38H63N11O7. The molecule has 56 heavy (non-hydrogen) atoms. The van der Waals surface area contributed by atoms with Crippen LogP contribution in [0.1, 0.15) is 76.4 Å². The van der Waals surface area contributed by atoms with Gasteiger partial charge in [0.25, 0.3) is 0 Å². The van der Waals surface area contributed by atoms with Gasteiger partial charge in [-0.2, -0.15) is 15.0 Å². The molecule has 2 amide bonds.